The summed E-state index contributed by atoms with van der Waals surface area (Å²) < 4.78 is 11.1. The van der Waals surface area contributed by atoms with Crippen LogP contribution in [-0.4, -0.2) is 17.5 Å². The summed E-state index contributed by atoms with van der Waals surface area (Å²) >= 11 is 6.01. The molecule has 0 spiro atoms. The minimum absolute atomic E-state index is 0.234. The van der Waals surface area contributed by atoms with Gasteiger partial charge in [0.05, 0.1) is 0 Å². The van der Waals surface area contributed by atoms with Crippen molar-refractivity contribution in [3.63, 3.8) is 0 Å². The number of amides is 1. The fraction of sp³-hybridized carbons (Fsp3) is 0.100. The Labute approximate surface area is 154 Å². The van der Waals surface area contributed by atoms with Crippen LogP contribution in [0.3, 0.4) is 0 Å². The lowest BCUT2D eigenvalue weighted by molar-refractivity contribution is -0.111. The van der Waals surface area contributed by atoms with Crippen molar-refractivity contribution in [3.8, 4) is 5.75 Å². The van der Waals surface area contributed by atoms with E-state index in [1.54, 1.807) is 37.3 Å². The number of aromatic nitrogens is 1. The van der Waals surface area contributed by atoms with E-state index < -0.39 is 0 Å². The Hall–Kier alpha value is -3.05. The molecule has 4 rings (SSSR count). The van der Waals surface area contributed by atoms with Crippen LogP contribution in [0.2, 0.25) is 5.02 Å². The molecule has 0 fully saturated rings. The average Bonchev–Trinajstić information content (AvgIpc) is 2.99. The molecule has 26 heavy (non-hydrogen) atoms. The first-order valence-electron chi connectivity index (χ1n) is 8.06. The number of rotatable bonds is 3. The molecule has 130 valence electrons. The van der Waals surface area contributed by atoms with Gasteiger partial charge in [0.2, 0.25) is 5.91 Å². The lowest BCUT2D eigenvalue weighted by atomic mass is 10.1. The number of oxazole rings is 1. The van der Waals surface area contributed by atoms with Crippen LogP contribution in [-0.2, 0) is 4.79 Å². The molecule has 1 aliphatic heterocycles. The largest absolute Gasteiger partial charge is 0.488 e. The van der Waals surface area contributed by atoms with Gasteiger partial charge in [-0.05, 0) is 48.0 Å². The molecule has 1 amide bonds. The maximum Gasteiger partial charge on any atom is 0.248 e. The molecule has 1 aliphatic rings. The van der Waals surface area contributed by atoms with Crippen molar-refractivity contribution in [2.75, 3.05) is 11.9 Å². The van der Waals surface area contributed by atoms with Gasteiger partial charge >= 0.3 is 0 Å². The number of hydrogen-bond acceptors (Lipinski definition) is 4. The molecule has 3 aromatic rings. The molecule has 0 unspecified atom stereocenters. The van der Waals surface area contributed by atoms with Gasteiger partial charge < -0.3 is 14.5 Å². The van der Waals surface area contributed by atoms with Crippen molar-refractivity contribution in [2.45, 2.75) is 6.92 Å². The molecule has 0 radical (unpaired) electrons. The summed E-state index contributed by atoms with van der Waals surface area (Å²) in [6, 6.07) is 10.8. The molecule has 6 heteroatoms. The Morgan fingerprint density at radius 3 is 3.04 bits per heavy atom. The second-order valence-corrected chi connectivity index (χ2v) is 6.36. The highest BCUT2D eigenvalue weighted by molar-refractivity contribution is 6.30. The van der Waals surface area contributed by atoms with Gasteiger partial charge in [-0.25, -0.2) is 4.98 Å². The molecule has 0 bridgehead atoms. The zero-order valence-corrected chi connectivity index (χ0v) is 14.7. The molecular formula is C20H15ClN2O3. The Balaban J connectivity index is 1.47. The number of anilines is 1. The second kappa shape index (κ2) is 6.69. The van der Waals surface area contributed by atoms with Crippen molar-refractivity contribution >= 4 is 40.4 Å². The summed E-state index contributed by atoms with van der Waals surface area (Å²) in [7, 11) is 0. The first kappa shape index (κ1) is 16.4. The average molecular weight is 367 g/mol. The number of aryl methyl sites for hydroxylation is 1. The van der Waals surface area contributed by atoms with Gasteiger partial charge in [-0.1, -0.05) is 17.7 Å². The zero-order chi connectivity index (χ0) is 18.1. The van der Waals surface area contributed by atoms with Crippen LogP contribution in [0, 0.1) is 6.92 Å². The van der Waals surface area contributed by atoms with E-state index in [9.17, 15) is 4.79 Å². The minimum Gasteiger partial charge on any atom is -0.488 e. The van der Waals surface area contributed by atoms with Crippen LogP contribution in [0.4, 0.5) is 5.69 Å². The number of nitrogens with one attached hydrogen (secondary N) is 1. The molecular weight excluding hydrogens is 352 g/mol. The zero-order valence-electron chi connectivity index (χ0n) is 14.0. The quantitative estimate of drug-likeness (QED) is 0.679. The Bertz CT molecular complexity index is 1070. The van der Waals surface area contributed by atoms with E-state index in [1.165, 1.54) is 6.08 Å². The molecule has 0 atom stereocenters. The summed E-state index contributed by atoms with van der Waals surface area (Å²) in [5.74, 6) is 1.14. The molecule has 2 heterocycles. The molecule has 2 aromatic carbocycles. The predicted octanol–water partition coefficient (Wildman–Crippen LogP) is 4.76. The fourth-order valence-electron chi connectivity index (χ4n) is 2.75. The van der Waals surface area contributed by atoms with Gasteiger partial charge in [-0.15, -0.1) is 0 Å². The van der Waals surface area contributed by atoms with Gasteiger partial charge in [0.15, 0.2) is 11.5 Å². The number of nitrogens with zero attached hydrogens (tertiary/aromatic N) is 1. The van der Waals surface area contributed by atoms with E-state index in [-0.39, 0.29) is 5.91 Å². The highest BCUT2D eigenvalue weighted by Crippen LogP contribution is 2.29. The summed E-state index contributed by atoms with van der Waals surface area (Å²) in [4.78, 5) is 16.4. The molecule has 0 saturated carbocycles. The number of fused-ring (bicyclic) bond motifs is 2. The third-order valence-corrected chi connectivity index (χ3v) is 4.15. The van der Waals surface area contributed by atoms with E-state index in [2.05, 4.69) is 10.3 Å². The fourth-order valence-corrected chi connectivity index (χ4v) is 2.93. The monoisotopic (exact) mass is 366 g/mol. The third-order valence-electron chi connectivity index (χ3n) is 3.92. The van der Waals surface area contributed by atoms with Crippen molar-refractivity contribution in [1.82, 2.24) is 4.98 Å². The number of carbonyl (C=O) groups excluding carboxylic acids is 1. The standard InChI is InChI=1S/C20H15ClN2O3/c1-12-22-17-10-16(4-6-19(17)26-12)23-20(24)7-2-13-8-14-9-15(21)3-5-18(14)25-11-13/h2-10H,11H2,1H3,(H,23,24)/b7-2-. The molecule has 0 aliphatic carbocycles. The summed E-state index contributed by atoms with van der Waals surface area (Å²) in [6.45, 7) is 2.19. The lowest BCUT2D eigenvalue weighted by Crippen LogP contribution is -2.09. The van der Waals surface area contributed by atoms with Crippen molar-refractivity contribution in [1.29, 1.82) is 0 Å². The van der Waals surface area contributed by atoms with E-state index in [4.69, 9.17) is 20.8 Å². The highest BCUT2D eigenvalue weighted by atomic mass is 35.5. The van der Waals surface area contributed by atoms with Gasteiger partial charge in [-0.3, -0.25) is 4.79 Å². The molecule has 0 saturated heterocycles. The molecule has 5 nitrogen and oxygen atoms in total. The minimum atomic E-state index is -0.234. The van der Waals surface area contributed by atoms with E-state index in [1.807, 2.05) is 18.2 Å². The van der Waals surface area contributed by atoms with Crippen LogP contribution in [0.15, 0.2) is 58.5 Å². The maximum atomic E-state index is 12.2. The Kier molecular flexibility index (Phi) is 4.22. The van der Waals surface area contributed by atoms with Crippen LogP contribution in [0.25, 0.3) is 17.2 Å². The smallest absolute Gasteiger partial charge is 0.248 e. The van der Waals surface area contributed by atoms with Gasteiger partial charge in [0.25, 0.3) is 0 Å². The van der Waals surface area contributed by atoms with Gasteiger partial charge in [0.1, 0.15) is 17.9 Å². The van der Waals surface area contributed by atoms with Crippen LogP contribution < -0.4 is 10.1 Å². The van der Waals surface area contributed by atoms with E-state index >= 15 is 0 Å². The second-order valence-electron chi connectivity index (χ2n) is 5.93. The topological polar surface area (TPSA) is 64.4 Å². The number of ether oxygens (including phenoxy) is 1. The number of benzene rings is 2. The highest BCUT2D eigenvalue weighted by Gasteiger charge is 2.10. The number of carbonyl (C=O) groups is 1. The van der Waals surface area contributed by atoms with Gasteiger partial charge in [-0.2, -0.15) is 0 Å². The summed E-state index contributed by atoms with van der Waals surface area (Å²) in [5, 5.41) is 3.46. The SMILES string of the molecule is Cc1nc2cc(NC(=O)/C=C\C3=Cc4cc(Cl)ccc4OC3)ccc2o1. The predicted molar refractivity (Wildman–Crippen MR) is 101 cm³/mol. The normalized spacial score (nSPS) is 13.4. The van der Waals surface area contributed by atoms with Crippen LogP contribution in [0.1, 0.15) is 11.5 Å². The van der Waals surface area contributed by atoms with Crippen molar-refractivity contribution in [2.24, 2.45) is 0 Å². The van der Waals surface area contributed by atoms with Crippen LogP contribution >= 0.6 is 11.6 Å². The Morgan fingerprint density at radius 1 is 1.27 bits per heavy atom. The third kappa shape index (κ3) is 3.48. The lowest BCUT2D eigenvalue weighted by Gasteiger charge is -2.16. The summed E-state index contributed by atoms with van der Waals surface area (Å²) in [5.41, 5.74) is 3.85. The van der Waals surface area contributed by atoms with Crippen LogP contribution in [0.5, 0.6) is 5.75 Å². The maximum absolute atomic E-state index is 12.2. The van der Waals surface area contributed by atoms with E-state index in [0.717, 1.165) is 16.9 Å². The van der Waals surface area contributed by atoms with E-state index in [0.29, 0.717) is 34.3 Å². The first-order chi connectivity index (χ1) is 12.6. The summed E-state index contributed by atoms with van der Waals surface area (Å²) in [6.07, 6.45) is 5.17. The number of halogens is 1. The first-order valence-corrected chi connectivity index (χ1v) is 8.44. The van der Waals surface area contributed by atoms with Crippen molar-refractivity contribution in [3.05, 3.63) is 70.6 Å². The Morgan fingerprint density at radius 2 is 2.15 bits per heavy atom. The molecule has 1 aromatic heterocycles. The molecule has 1 N–H and O–H groups in total. The number of hydrogen-bond donors (Lipinski definition) is 1. The van der Waals surface area contributed by atoms with Gasteiger partial charge in [0, 0.05) is 29.3 Å². The van der Waals surface area contributed by atoms with Crippen molar-refractivity contribution < 1.29 is 13.9 Å².